The Bertz CT molecular complexity index is 753. The molecule has 1 fully saturated rings. The van der Waals surface area contributed by atoms with E-state index in [2.05, 4.69) is 44.9 Å². The first kappa shape index (κ1) is 17.6. The zero-order chi connectivity index (χ0) is 17.4. The largest absolute Gasteiger partial charge is 0.399 e. The molecule has 0 saturated heterocycles. The Labute approximate surface area is 138 Å². The number of halogens is 1. The average molecular weight is 316 g/mol. The highest BCUT2D eigenvalue weighted by molar-refractivity contribution is 5.50. The molecule has 0 radical (unpaired) electrons. The lowest BCUT2D eigenvalue weighted by Crippen LogP contribution is -2.29. The Balaban J connectivity index is 2.52. The van der Waals surface area contributed by atoms with Crippen molar-refractivity contribution in [2.24, 2.45) is 18.2 Å². The van der Waals surface area contributed by atoms with Crippen LogP contribution in [0, 0.1) is 5.41 Å². The Hall–Kier alpha value is -1.77. The summed E-state index contributed by atoms with van der Waals surface area (Å²) >= 11 is 0. The Morgan fingerprint density at radius 1 is 1.43 bits per heavy atom. The third-order valence-corrected chi connectivity index (χ3v) is 4.79. The number of alkyl halides is 1. The Kier molecular flexibility index (Phi) is 4.61. The van der Waals surface area contributed by atoms with Crippen LogP contribution in [0.2, 0.25) is 0 Å². The first-order valence-corrected chi connectivity index (χ1v) is 8.19. The summed E-state index contributed by atoms with van der Waals surface area (Å²) in [7, 11) is 1.98. The average Bonchev–Trinajstić information content (AvgIpc) is 3.10. The highest BCUT2D eigenvalue weighted by atomic mass is 19.1. The summed E-state index contributed by atoms with van der Waals surface area (Å²) < 4.78 is 15.0. The molecule has 0 unspecified atom stereocenters. The number of nitrogens with zero attached hydrogens (tertiary/aromatic N) is 1. The van der Waals surface area contributed by atoms with Gasteiger partial charge >= 0.3 is 0 Å². The molecular weight excluding hydrogens is 287 g/mol. The lowest BCUT2D eigenvalue weighted by molar-refractivity contribution is 0.537. The van der Waals surface area contributed by atoms with E-state index >= 15 is 0 Å². The minimum absolute atomic E-state index is 0.0106. The van der Waals surface area contributed by atoms with E-state index in [0.717, 1.165) is 21.8 Å². The molecule has 3 heteroatoms. The van der Waals surface area contributed by atoms with Crippen molar-refractivity contribution in [3.05, 3.63) is 46.3 Å². The molecule has 2 rings (SSSR count). The highest BCUT2D eigenvalue weighted by Gasteiger charge is 2.38. The van der Waals surface area contributed by atoms with Gasteiger partial charge < -0.3 is 10.3 Å². The molecule has 126 valence electrons. The fraction of sp³-hybridized carbons (Fsp3) is 0.500. The van der Waals surface area contributed by atoms with Crippen molar-refractivity contribution in [3.8, 4) is 0 Å². The summed E-state index contributed by atoms with van der Waals surface area (Å²) in [4.78, 5) is 0. The van der Waals surface area contributed by atoms with Crippen molar-refractivity contribution in [3.63, 3.8) is 0 Å². The van der Waals surface area contributed by atoms with Crippen LogP contribution in [0.25, 0.3) is 12.2 Å². The molecule has 0 bridgehead atoms. The second kappa shape index (κ2) is 6.03. The highest BCUT2D eigenvalue weighted by Crippen LogP contribution is 2.51. The molecule has 1 aliphatic rings. The lowest BCUT2D eigenvalue weighted by atomic mass is 9.92. The van der Waals surface area contributed by atoms with E-state index in [1.807, 2.05) is 19.2 Å². The summed E-state index contributed by atoms with van der Waals surface area (Å²) in [6.07, 6.45) is 7.83. The number of allylic oxidation sites excluding steroid dienone is 3. The zero-order valence-corrected chi connectivity index (χ0v) is 15.0. The predicted octanol–water partition coefficient (Wildman–Crippen LogP) is 3.05. The maximum atomic E-state index is 12.9. The molecule has 0 spiro atoms. The van der Waals surface area contributed by atoms with Gasteiger partial charge in [-0.05, 0) is 48.1 Å². The molecule has 2 nitrogen and oxygen atoms in total. The molecule has 0 amide bonds. The van der Waals surface area contributed by atoms with Crippen molar-refractivity contribution in [2.45, 2.75) is 46.0 Å². The van der Waals surface area contributed by atoms with E-state index in [1.165, 1.54) is 12.8 Å². The molecule has 1 aliphatic carbocycles. The molecule has 0 atom stereocenters. The summed E-state index contributed by atoms with van der Waals surface area (Å²) in [6.45, 7) is 12.3. The topological polar surface area (TPSA) is 30.9 Å². The smallest absolute Gasteiger partial charge is 0.110 e. The predicted molar refractivity (Wildman–Crippen MR) is 97.0 cm³/mol. The van der Waals surface area contributed by atoms with E-state index < -0.39 is 6.67 Å². The van der Waals surface area contributed by atoms with Crippen LogP contribution >= 0.6 is 0 Å². The minimum Gasteiger partial charge on any atom is -0.399 e. The minimum atomic E-state index is -0.489. The molecule has 1 heterocycles. The van der Waals surface area contributed by atoms with Crippen molar-refractivity contribution >= 4 is 12.2 Å². The summed E-state index contributed by atoms with van der Waals surface area (Å²) in [5, 5.41) is 1.83. The van der Waals surface area contributed by atoms with Crippen LogP contribution in [0.1, 0.15) is 46.2 Å². The van der Waals surface area contributed by atoms with Gasteiger partial charge in [-0.3, -0.25) is 0 Å². The molecule has 2 N–H and O–H groups in total. The normalized spacial score (nSPS) is 19.3. The standard InChI is InChI=1S/C20H29FN2/c1-14(20(5)8-9-20)11-16(22)12-15-13-18(19(2,3)4)23(6)17(15)7-10-21/h7,11-13H,1,8-10,22H2,2-6H3/b15-12-,16-11-,17-7+. The van der Waals surface area contributed by atoms with Crippen LogP contribution in [0.5, 0.6) is 0 Å². The molecule has 23 heavy (non-hydrogen) atoms. The summed E-state index contributed by atoms with van der Waals surface area (Å²) in [5.41, 5.74) is 9.31. The summed E-state index contributed by atoms with van der Waals surface area (Å²) in [5.74, 6) is 0. The van der Waals surface area contributed by atoms with Gasteiger partial charge in [0.15, 0.2) is 0 Å². The van der Waals surface area contributed by atoms with Gasteiger partial charge in [0.25, 0.3) is 0 Å². The fourth-order valence-corrected chi connectivity index (χ4v) is 2.91. The second-order valence-corrected chi connectivity index (χ2v) is 7.91. The van der Waals surface area contributed by atoms with Gasteiger partial charge in [-0.2, -0.15) is 0 Å². The number of rotatable bonds is 4. The van der Waals surface area contributed by atoms with Crippen LogP contribution in [-0.4, -0.2) is 11.2 Å². The van der Waals surface area contributed by atoms with E-state index in [9.17, 15) is 4.39 Å². The van der Waals surface area contributed by atoms with E-state index in [1.54, 1.807) is 6.08 Å². The monoisotopic (exact) mass is 316 g/mol. The zero-order valence-electron chi connectivity index (χ0n) is 15.0. The summed E-state index contributed by atoms with van der Waals surface area (Å²) in [6, 6.07) is 2.10. The maximum Gasteiger partial charge on any atom is 0.110 e. The molecule has 0 aliphatic heterocycles. The van der Waals surface area contributed by atoms with Crippen LogP contribution in [-0.2, 0) is 12.5 Å². The number of nitrogens with two attached hydrogens (primary N) is 1. The van der Waals surface area contributed by atoms with Gasteiger partial charge in [0, 0.05) is 34.4 Å². The van der Waals surface area contributed by atoms with Gasteiger partial charge in [-0.1, -0.05) is 34.3 Å². The third kappa shape index (κ3) is 3.77. The van der Waals surface area contributed by atoms with Crippen LogP contribution in [0.15, 0.2) is 30.0 Å². The molecule has 0 aromatic carbocycles. The SMILES string of the molecule is C=C(/C=C(N)/C=c1/cc(C(C)(C)C)n(C)/c1=C/CF)C1(C)CC1. The second-order valence-electron chi connectivity index (χ2n) is 7.91. The van der Waals surface area contributed by atoms with Crippen molar-refractivity contribution in [1.82, 2.24) is 4.57 Å². The fourth-order valence-electron chi connectivity index (χ4n) is 2.91. The van der Waals surface area contributed by atoms with Crippen LogP contribution in [0.3, 0.4) is 0 Å². The lowest BCUT2D eigenvalue weighted by Gasteiger charge is -2.19. The number of aromatic nitrogens is 1. The number of hydrogen-bond donors (Lipinski definition) is 1. The van der Waals surface area contributed by atoms with Crippen LogP contribution in [0.4, 0.5) is 4.39 Å². The maximum absolute atomic E-state index is 12.9. The number of hydrogen-bond acceptors (Lipinski definition) is 1. The molecule has 1 aromatic heterocycles. The van der Waals surface area contributed by atoms with Gasteiger partial charge in [0.1, 0.15) is 6.67 Å². The third-order valence-electron chi connectivity index (χ3n) is 4.79. The van der Waals surface area contributed by atoms with Gasteiger partial charge in [0.05, 0.1) is 0 Å². The van der Waals surface area contributed by atoms with Gasteiger partial charge in [-0.25, -0.2) is 4.39 Å². The molecule has 1 aromatic rings. The van der Waals surface area contributed by atoms with E-state index in [-0.39, 0.29) is 10.8 Å². The quantitative estimate of drug-likeness (QED) is 0.851. The van der Waals surface area contributed by atoms with Gasteiger partial charge in [0.2, 0.25) is 0 Å². The molecular formula is C20H29FN2. The Morgan fingerprint density at radius 3 is 2.52 bits per heavy atom. The van der Waals surface area contributed by atoms with Crippen molar-refractivity contribution < 1.29 is 4.39 Å². The first-order valence-electron chi connectivity index (χ1n) is 8.19. The van der Waals surface area contributed by atoms with E-state index in [4.69, 9.17) is 5.73 Å². The van der Waals surface area contributed by atoms with Gasteiger partial charge in [-0.15, -0.1) is 0 Å². The Morgan fingerprint density at radius 2 is 2.04 bits per heavy atom. The van der Waals surface area contributed by atoms with E-state index in [0.29, 0.717) is 5.70 Å². The first-order chi connectivity index (χ1) is 10.6. The van der Waals surface area contributed by atoms with Crippen molar-refractivity contribution in [2.75, 3.05) is 6.67 Å². The molecule has 1 saturated carbocycles. The van der Waals surface area contributed by atoms with Crippen molar-refractivity contribution in [1.29, 1.82) is 0 Å². The van der Waals surface area contributed by atoms with Crippen LogP contribution < -0.4 is 16.3 Å².